The molecule has 1 unspecified atom stereocenters. The van der Waals surface area contributed by atoms with E-state index in [1.807, 2.05) is 24.3 Å². The van der Waals surface area contributed by atoms with Crippen LogP contribution < -0.4 is 11.1 Å². The number of nitrogens with two attached hydrogens (primary N) is 1. The maximum atomic E-state index is 5.58. The molecule has 0 saturated carbocycles. The molecule has 0 saturated heterocycles. The third-order valence-corrected chi connectivity index (χ3v) is 3.47. The molecule has 0 bridgehead atoms. The highest BCUT2D eigenvalue weighted by atomic mass is 79.9. The normalized spacial score (nSPS) is 11.9. The van der Waals surface area contributed by atoms with Crippen molar-refractivity contribution >= 4 is 39.0 Å². The molecule has 2 aromatic rings. The molecule has 1 aromatic carbocycles. The Morgan fingerprint density at radius 2 is 1.95 bits per heavy atom. The van der Waals surface area contributed by atoms with Gasteiger partial charge in [0.05, 0.1) is 5.69 Å². The lowest BCUT2D eigenvalue weighted by molar-refractivity contribution is 0.874. The smallest absolute Gasteiger partial charge is 0.127 e. The summed E-state index contributed by atoms with van der Waals surface area (Å²) in [5.74, 6) is 0.765. The van der Waals surface area contributed by atoms with E-state index in [1.54, 1.807) is 6.07 Å². The van der Waals surface area contributed by atoms with E-state index in [4.69, 9.17) is 18.0 Å². The molecular formula is C14H14BrN3S. The number of benzene rings is 1. The summed E-state index contributed by atoms with van der Waals surface area (Å²) in [7, 11) is 0. The standard InChI is InChI=1S/C14H14BrN3S/c1-9(10-5-7-11(15)8-6-10)17-13-4-2-3-12(18-13)14(16)19/h2-9H,1H3,(H2,16,19)(H,17,18). The number of anilines is 1. The molecule has 3 N–H and O–H groups in total. The minimum atomic E-state index is 0.155. The third kappa shape index (κ3) is 3.75. The third-order valence-electron chi connectivity index (χ3n) is 2.74. The summed E-state index contributed by atoms with van der Waals surface area (Å²) >= 11 is 8.35. The van der Waals surface area contributed by atoms with Crippen molar-refractivity contribution in [2.24, 2.45) is 5.73 Å². The van der Waals surface area contributed by atoms with Gasteiger partial charge >= 0.3 is 0 Å². The summed E-state index contributed by atoms with van der Waals surface area (Å²) in [6.45, 7) is 2.08. The molecule has 3 nitrogen and oxygen atoms in total. The van der Waals surface area contributed by atoms with Crippen LogP contribution in [0.1, 0.15) is 24.2 Å². The Morgan fingerprint density at radius 3 is 2.58 bits per heavy atom. The van der Waals surface area contributed by atoms with E-state index in [0.29, 0.717) is 10.7 Å². The monoisotopic (exact) mass is 335 g/mol. The van der Waals surface area contributed by atoms with Crippen molar-refractivity contribution in [3.8, 4) is 0 Å². The summed E-state index contributed by atoms with van der Waals surface area (Å²) < 4.78 is 1.07. The quantitative estimate of drug-likeness (QED) is 0.837. The molecule has 0 aliphatic carbocycles. The van der Waals surface area contributed by atoms with E-state index in [2.05, 4.69) is 45.3 Å². The van der Waals surface area contributed by atoms with Crippen LogP contribution in [0.5, 0.6) is 0 Å². The van der Waals surface area contributed by atoms with Crippen LogP contribution >= 0.6 is 28.1 Å². The SMILES string of the molecule is CC(Nc1cccc(C(N)=S)n1)c1ccc(Br)cc1. The number of nitrogens with zero attached hydrogens (tertiary/aromatic N) is 1. The van der Waals surface area contributed by atoms with E-state index in [-0.39, 0.29) is 6.04 Å². The van der Waals surface area contributed by atoms with Gasteiger partial charge in [-0.1, -0.05) is 46.3 Å². The number of halogens is 1. The van der Waals surface area contributed by atoms with E-state index < -0.39 is 0 Å². The molecule has 1 aromatic heterocycles. The van der Waals surface area contributed by atoms with E-state index in [1.165, 1.54) is 5.56 Å². The predicted octanol–water partition coefficient (Wildman–Crippen LogP) is 3.65. The topological polar surface area (TPSA) is 50.9 Å². The van der Waals surface area contributed by atoms with Gasteiger partial charge in [-0.3, -0.25) is 0 Å². The lowest BCUT2D eigenvalue weighted by Crippen LogP contribution is -2.14. The van der Waals surface area contributed by atoms with Gasteiger partial charge in [0, 0.05) is 10.5 Å². The number of aromatic nitrogens is 1. The number of nitrogens with one attached hydrogen (secondary N) is 1. The average Bonchev–Trinajstić information content (AvgIpc) is 2.39. The predicted molar refractivity (Wildman–Crippen MR) is 86.3 cm³/mol. The Labute approximate surface area is 126 Å². The van der Waals surface area contributed by atoms with Gasteiger partial charge in [-0.25, -0.2) is 4.98 Å². The van der Waals surface area contributed by atoms with Crippen molar-refractivity contribution in [1.82, 2.24) is 4.98 Å². The Kier molecular flexibility index (Phi) is 4.50. The van der Waals surface area contributed by atoms with Crippen LogP contribution in [-0.4, -0.2) is 9.97 Å². The van der Waals surface area contributed by atoms with Gasteiger partial charge in [0.1, 0.15) is 10.8 Å². The second-order valence-corrected chi connectivity index (χ2v) is 5.55. The van der Waals surface area contributed by atoms with Crippen LogP contribution in [-0.2, 0) is 0 Å². The molecule has 1 atom stereocenters. The fraction of sp³-hybridized carbons (Fsp3) is 0.143. The first-order valence-corrected chi connectivity index (χ1v) is 7.05. The van der Waals surface area contributed by atoms with Crippen molar-refractivity contribution in [3.05, 3.63) is 58.2 Å². The van der Waals surface area contributed by atoms with Gasteiger partial charge < -0.3 is 11.1 Å². The molecule has 19 heavy (non-hydrogen) atoms. The van der Waals surface area contributed by atoms with Crippen molar-refractivity contribution in [3.63, 3.8) is 0 Å². The first kappa shape index (κ1) is 14.0. The first-order chi connectivity index (χ1) is 9.06. The number of pyridine rings is 1. The second-order valence-electron chi connectivity index (χ2n) is 4.19. The highest BCUT2D eigenvalue weighted by Crippen LogP contribution is 2.20. The number of thiocarbonyl (C=S) groups is 1. The molecule has 0 fully saturated rings. The van der Waals surface area contributed by atoms with Crippen LogP contribution in [0.15, 0.2) is 46.9 Å². The highest BCUT2D eigenvalue weighted by Gasteiger charge is 2.07. The van der Waals surface area contributed by atoms with E-state index in [0.717, 1.165) is 10.3 Å². The Hall–Kier alpha value is -1.46. The summed E-state index contributed by atoms with van der Waals surface area (Å²) in [6.07, 6.45) is 0. The van der Waals surface area contributed by atoms with Gasteiger partial charge in [0.25, 0.3) is 0 Å². The summed E-state index contributed by atoms with van der Waals surface area (Å²) in [5, 5.41) is 3.33. The molecule has 2 rings (SSSR count). The van der Waals surface area contributed by atoms with Crippen LogP contribution in [0.3, 0.4) is 0 Å². The summed E-state index contributed by atoms with van der Waals surface area (Å²) in [5.41, 5.74) is 7.39. The second kappa shape index (κ2) is 6.12. The van der Waals surface area contributed by atoms with Crippen molar-refractivity contribution in [1.29, 1.82) is 0 Å². The van der Waals surface area contributed by atoms with Crippen LogP contribution in [0, 0.1) is 0 Å². The zero-order valence-corrected chi connectivity index (χ0v) is 12.8. The summed E-state index contributed by atoms with van der Waals surface area (Å²) in [6, 6.07) is 13.9. The Balaban J connectivity index is 2.14. The van der Waals surface area contributed by atoms with Gasteiger partial charge in [0.15, 0.2) is 0 Å². The minimum Gasteiger partial charge on any atom is -0.388 e. The first-order valence-electron chi connectivity index (χ1n) is 5.85. The molecule has 0 spiro atoms. The lowest BCUT2D eigenvalue weighted by atomic mass is 10.1. The zero-order valence-electron chi connectivity index (χ0n) is 10.4. The van der Waals surface area contributed by atoms with Gasteiger partial charge in [-0.05, 0) is 36.8 Å². The number of hydrogen-bond donors (Lipinski definition) is 2. The number of hydrogen-bond acceptors (Lipinski definition) is 3. The van der Waals surface area contributed by atoms with Crippen LogP contribution in [0.2, 0.25) is 0 Å². The van der Waals surface area contributed by atoms with Crippen molar-refractivity contribution in [2.45, 2.75) is 13.0 Å². The highest BCUT2D eigenvalue weighted by molar-refractivity contribution is 9.10. The summed E-state index contributed by atoms with van der Waals surface area (Å²) in [4.78, 5) is 4.67. The van der Waals surface area contributed by atoms with Crippen molar-refractivity contribution < 1.29 is 0 Å². The molecule has 0 aliphatic rings. The average molecular weight is 336 g/mol. The van der Waals surface area contributed by atoms with Crippen LogP contribution in [0.4, 0.5) is 5.82 Å². The lowest BCUT2D eigenvalue weighted by Gasteiger charge is -2.15. The molecule has 0 amide bonds. The maximum Gasteiger partial charge on any atom is 0.127 e. The molecule has 98 valence electrons. The number of rotatable bonds is 4. The minimum absolute atomic E-state index is 0.155. The molecular weight excluding hydrogens is 322 g/mol. The fourth-order valence-electron chi connectivity index (χ4n) is 1.71. The van der Waals surface area contributed by atoms with Crippen LogP contribution in [0.25, 0.3) is 0 Å². The van der Waals surface area contributed by atoms with Gasteiger partial charge in [0.2, 0.25) is 0 Å². The van der Waals surface area contributed by atoms with Gasteiger partial charge in [-0.2, -0.15) is 0 Å². The van der Waals surface area contributed by atoms with Gasteiger partial charge in [-0.15, -0.1) is 0 Å². The molecule has 0 aliphatic heterocycles. The fourth-order valence-corrected chi connectivity index (χ4v) is 2.09. The Bertz CT molecular complexity index is 583. The molecule has 1 heterocycles. The van der Waals surface area contributed by atoms with Crippen molar-refractivity contribution in [2.75, 3.05) is 5.32 Å². The maximum absolute atomic E-state index is 5.58. The van der Waals surface area contributed by atoms with E-state index in [9.17, 15) is 0 Å². The van der Waals surface area contributed by atoms with E-state index >= 15 is 0 Å². The molecule has 5 heteroatoms. The zero-order chi connectivity index (χ0) is 13.8. The Morgan fingerprint density at radius 1 is 1.26 bits per heavy atom. The molecule has 0 radical (unpaired) electrons. The largest absolute Gasteiger partial charge is 0.388 e.